The number of hydrogen-bond donors (Lipinski definition) is 2. The summed E-state index contributed by atoms with van der Waals surface area (Å²) in [6.07, 6.45) is 2.42. The predicted molar refractivity (Wildman–Crippen MR) is 103 cm³/mol. The van der Waals surface area contributed by atoms with Gasteiger partial charge in [0.2, 0.25) is 10.0 Å². The number of nitrogens with zero attached hydrogens (tertiary/aromatic N) is 4. The molecule has 148 valence electrons. The van der Waals surface area contributed by atoms with Gasteiger partial charge in [0, 0.05) is 18.8 Å². The van der Waals surface area contributed by atoms with E-state index in [2.05, 4.69) is 15.6 Å². The Kier molecular flexibility index (Phi) is 5.55. The van der Waals surface area contributed by atoms with Crippen LogP contribution >= 0.6 is 0 Å². The summed E-state index contributed by atoms with van der Waals surface area (Å²) in [4.78, 5) is 0.252. The lowest BCUT2D eigenvalue weighted by atomic mass is 10.1. The Morgan fingerprint density at radius 3 is 2.59 bits per heavy atom. The summed E-state index contributed by atoms with van der Waals surface area (Å²) in [7, 11) is -3.56. The summed E-state index contributed by atoms with van der Waals surface area (Å²) in [6, 6.07) is 6.78. The molecule has 1 aliphatic rings. The third-order valence-electron chi connectivity index (χ3n) is 4.60. The van der Waals surface area contributed by atoms with Crippen molar-refractivity contribution in [2.75, 3.05) is 18.4 Å². The number of sulfonamides is 1. The Bertz CT molecular complexity index is 880. The minimum Gasteiger partial charge on any atom is -0.393 e. The zero-order chi connectivity index (χ0) is 19.7. The van der Waals surface area contributed by atoms with Gasteiger partial charge in [-0.15, -0.1) is 5.10 Å². The second-order valence-corrected chi connectivity index (χ2v) is 9.78. The fraction of sp³-hybridized carbons (Fsp3) is 0.556. The van der Waals surface area contributed by atoms with Gasteiger partial charge in [-0.25, -0.2) is 13.1 Å². The molecule has 1 aliphatic heterocycles. The van der Waals surface area contributed by atoms with E-state index >= 15 is 0 Å². The average molecular weight is 394 g/mol. The highest BCUT2D eigenvalue weighted by atomic mass is 32.2. The van der Waals surface area contributed by atoms with Crippen LogP contribution in [0.15, 0.2) is 35.4 Å². The minimum absolute atomic E-state index is 0.138. The van der Waals surface area contributed by atoms with Crippen molar-refractivity contribution < 1.29 is 13.5 Å². The molecule has 0 saturated carbocycles. The minimum atomic E-state index is -3.56. The lowest BCUT2D eigenvalue weighted by Crippen LogP contribution is -2.39. The van der Waals surface area contributed by atoms with E-state index in [0.29, 0.717) is 38.2 Å². The van der Waals surface area contributed by atoms with Gasteiger partial charge in [-0.1, -0.05) is 11.3 Å². The first-order valence-electron chi connectivity index (χ1n) is 9.10. The van der Waals surface area contributed by atoms with E-state index in [4.69, 9.17) is 0 Å². The fourth-order valence-corrected chi connectivity index (χ4v) is 4.41. The first-order chi connectivity index (χ1) is 12.7. The monoisotopic (exact) mass is 393 g/mol. The molecular weight excluding hydrogens is 366 g/mol. The Labute approximate surface area is 160 Å². The van der Waals surface area contributed by atoms with E-state index in [-0.39, 0.29) is 10.4 Å². The highest BCUT2D eigenvalue weighted by molar-refractivity contribution is 7.89. The molecule has 2 heterocycles. The topological polar surface area (TPSA) is 100 Å². The zero-order valence-electron chi connectivity index (χ0n) is 16.0. The maximum atomic E-state index is 12.8. The highest BCUT2D eigenvalue weighted by Gasteiger charge is 2.28. The molecule has 0 radical (unpaired) electrons. The Morgan fingerprint density at radius 1 is 1.26 bits per heavy atom. The van der Waals surface area contributed by atoms with Crippen LogP contribution in [0.25, 0.3) is 0 Å². The number of benzene rings is 1. The van der Waals surface area contributed by atoms with Gasteiger partial charge in [0.25, 0.3) is 0 Å². The van der Waals surface area contributed by atoms with Crippen LogP contribution in [0, 0.1) is 0 Å². The SMILES string of the molecule is CC(C)(C)n1cc(CNc2cccc(S(=O)(=O)N3CCC(O)CC3)c2)nn1. The molecule has 0 bridgehead atoms. The van der Waals surface area contributed by atoms with Crippen LogP contribution in [-0.4, -0.2) is 52.0 Å². The van der Waals surface area contributed by atoms with Crippen molar-refractivity contribution in [2.24, 2.45) is 0 Å². The summed E-state index contributed by atoms with van der Waals surface area (Å²) in [6.45, 7) is 7.29. The van der Waals surface area contributed by atoms with Gasteiger partial charge in [-0.2, -0.15) is 4.31 Å². The standard InChI is InChI=1S/C18H27N5O3S/c1-18(2,3)23-13-15(20-21-23)12-19-14-5-4-6-17(11-14)27(25,26)22-9-7-16(24)8-10-22/h4-6,11,13,16,19,24H,7-10,12H2,1-3H3. The Hall–Kier alpha value is -1.97. The second kappa shape index (κ2) is 7.57. The van der Waals surface area contributed by atoms with Gasteiger partial charge in [0.05, 0.1) is 29.3 Å². The molecule has 0 unspecified atom stereocenters. The summed E-state index contributed by atoms with van der Waals surface area (Å²) in [5.41, 5.74) is 1.35. The molecule has 27 heavy (non-hydrogen) atoms. The molecule has 0 amide bonds. The maximum absolute atomic E-state index is 12.8. The Balaban J connectivity index is 1.69. The van der Waals surface area contributed by atoms with E-state index in [0.717, 1.165) is 5.69 Å². The smallest absolute Gasteiger partial charge is 0.243 e. The summed E-state index contributed by atoms with van der Waals surface area (Å²) >= 11 is 0. The largest absolute Gasteiger partial charge is 0.393 e. The van der Waals surface area contributed by atoms with Gasteiger partial charge >= 0.3 is 0 Å². The first kappa shape index (κ1) is 19.8. The molecule has 0 aliphatic carbocycles. The normalized spacial score (nSPS) is 17.2. The number of rotatable bonds is 5. The van der Waals surface area contributed by atoms with Crippen molar-refractivity contribution in [1.82, 2.24) is 19.3 Å². The number of aliphatic hydroxyl groups is 1. The quantitative estimate of drug-likeness (QED) is 0.803. The van der Waals surface area contributed by atoms with E-state index < -0.39 is 16.1 Å². The lowest BCUT2D eigenvalue weighted by molar-refractivity contribution is 0.113. The summed E-state index contributed by atoms with van der Waals surface area (Å²) < 4.78 is 28.9. The fourth-order valence-electron chi connectivity index (χ4n) is 2.90. The third kappa shape index (κ3) is 4.66. The van der Waals surface area contributed by atoms with Crippen LogP contribution < -0.4 is 5.32 Å². The molecule has 0 spiro atoms. The number of aromatic nitrogens is 3. The van der Waals surface area contributed by atoms with E-state index in [1.807, 2.05) is 33.0 Å². The van der Waals surface area contributed by atoms with Crippen LogP contribution in [-0.2, 0) is 22.1 Å². The molecule has 2 aromatic rings. The lowest BCUT2D eigenvalue weighted by Gasteiger charge is -2.28. The van der Waals surface area contributed by atoms with Crippen molar-refractivity contribution in [3.63, 3.8) is 0 Å². The van der Waals surface area contributed by atoms with Crippen LogP contribution in [0.2, 0.25) is 0 Å². The van der Waals surface area contributed by atoms with Crippen LogP contribution in [0.3, 0.4) is 0 Å². The molecule has 8 nitrogen and oxygen atoms in total. The molecular formula is C18H27N5O3S. The maximum Gasteiger partial charge on any atom is 0.243 e. The summed E-state index contributed by atoms with van der Waals surface area (Å²) in [5.74, 6) is 0. The molecule has 1 aromatic carbocycles. The molecule has 9 heteroatoms. The van der Waals surface area contributed by atoms with E-state index in [9.17, 15) is 13.5 Å². The summed E-state index contributed by atoms with van der Waals surface area (Å²) in [5, 5.41) is 21.1. The molecule has 0 atom stereocenters. The number of hydrogen-bond acceptors (Lipinski definition) is 6. The third-order valence-corrected chi connectivity index (χ3v) is 6.49. The van der Waals surface area contributed by atoms with Crippen molar-refractivity contribution in [3.05, 3.63) is 36.2 Å². The molecule has 3 rings (SSSR count). The Morgan fingerprint density at radius 2 is 1.96 bits per heavy atom. The number of piperidine rings is 1. The van der Waals surface area contributed by atoms with Crippen molar-refractivity contribution in [3.8, 4) is 0 Å². The van der Waals surface area contributed by atoms with Crippen LogP contribution in [0.4, 0.5) is 5.69 Å². The van der Waals surface area contributed by atoms with Gasteiger partial charge in [-0.05, 0) is 51.8 Å². The zero-order valence-corrected chi connectivity index (χ0v) is 16.8. The number of anilines is 1. The van der Waals surface area contributed by atoms with Crippen LogP contribution in [0.1, 0.15) is 39.3 Å². The van der Waals surface area contributed by atoms with Crippen molar-refractivity contribution in [1.29, 1.82) is 0 Å². The van der Waals surface area contributed by atoms with Gasteiger partial charge < -0.3 is 10.4 Å². The number of aliphatic hydroxyl groups excluding tert-OH is 1. The van der Waals surface area contributed by atoms with Crippen LogP contribution in [0.5, 0.6) is 0 Å². The second-order valence-electron chi connectivity index (χ2n) is 7.84. The molecule has 1 aromatic heterocycles. The van der Waals surface area contributed by atoms with E-state index in [1.165, 1.54) is 4.31 Å². The highest BCUT2D eigenvalue weighted by Crippen LogP contribution is 2.23. The average Bonchev–Trinajstić information content (AvgIpc) is 3.10. The van der Waals surface area contributed by atoms with Crippen molar-refractivity contribution >= 4 is 15.7 Å². The number of nitrogens with one attached hydrogen (secondary N) is 1. The molecule has 2 N–H and O–H groups in total. The molecule has 1 fully saturated rings. The first-order valence-corrected chi connectivity index (χ1v) is 10.5. The molecule has 1 saturated heterocycles. The predicted octanol–water partition coefficient (Wildman–Crippen LogP) is 1.79. The van der Waals surface area contributed by atoms with E-state index in [1.54, 1.807) is 22.9 Å². The van der Waals surface area contributed by atoms with Gasteiger partial charge in [0.15, 0.2) is 0 Å². The van der Waals surface area contributed by atoms with Gasteiger partial charge in [-0.3, -0.25) is 0 Å². The van der Waals surface area contributed by atoms with Crippen molar-refractivity contribution in [2.45, 2.75) is 56.7 Å². The van der Waals surface area contributed by atoms with Gasteiger partial charge in [0.1, 0.15) is 5.69 Å².